The van der Waals surface area contributed by atoms with Crippen molar-refractivity contribution in [1.29, 1.82) is 0 Å². The molecule has 0 atom stereocenters. The second kappa shape index (κ2) is 12.0. The minimum atomic E-state index is -0.294. The van der Waals surface area contributed by atoms with Gasteiger partial charge in [-0.3, -0.25) is 9.59 Å². The number of rotatable bonds is 11. The molecule has 4 rings (SSSR count). The molecule has 0 radical (unpaired) electrons. The first-order valence-electron chi connectivity index (χ1n) is 11.9. The number of carbonyl (C=O) groups is 2. The minimum absolute atomic E-state index is 0.0251. The van der Waals surface area contributed by atoms with Gasteiger partial charge < -0.3 is 29.2 Å². The number of amides is 2. The minimum Gasteiger partial charge on any atom is -0.497 e. The summed E-state index contributed by atoms with van der Waals surface area (Å²) in [5.74, 6) is 2.29. The summed E-state index contributed by atoms with van der Waals surface area (Å²) in [7, 11) is 1.62. The van der Waals surface area contributed by atoms with Gasteiger partial charge in [0.15, 0.2) is 13.2 Å². The quantitative estimate of drug-likeness (QED) is 0.399. The lowest BCUT2D eigenvalue weighted by Crippen LogP contribution is -2.39. The van der Waals surface area contributed by atoms with Crippen LogP contribution in [0.25, 0.3) is 0 Å². The highest BCUT2D eigenvalue weighted by atomic mass is 16.5. The summed E-state index contributed by atoms with van der Waals surface area (Å²) in [4.78, 5) is 26.7. The normalized spacial score (nSPS) is 12.4. The summed E-state index contributed by atoms with van der Waals surface area (Å²) >= 11 is 0. The molecule has 0 aliphatic carbocycles. The Morgan fingerprint density at radius 1 is 0.972 bits per heavy atom. The van der Waals surface area contributed by atoms with E-state index in [9.17, 15) is 9.59 Å². The van der Waals surface area contributed by atoms with Crippen molar-refractivity contribution in [2.24, 2.45) is 0 Å². The lowest BCUT2D eigenvalue weighted by molar-refractivity contribution is -0.121. The molecule has 0 spiro atoms. The van der Waals surface area contributed by atoms with E-state index in [4.69, 9.17) is 18.9 Å². The predicted molar refractivity (Wildman–Crippen MR) is 137 cm³/mol. The highest BCUT2D eigenvalue weighted by Gasteiger charge is 2.25. The topological polar surface area (TPSA) is 86.3 Å². The van der Waals surface area contributed by atoms with E-state index in [1.54, 1.807) is 30.2 Å². The van der Waals surface area contributed by atoms with Crippen molar-refractivity contribution >= 4 is 23.2 Å². The SMILES string of the molecule is CCc1ccc(OCC(=O)Nc2ccc3c(c2)N(CCCOc2ccc(OC)cc2)C(=O)CO3)cc1. The fourth-order valence-corrected chi connectivity index (χ4v) is 3.78. The van der Waals surface area contributed by atoms with Crippen molar-refractivity contribution in [2.45, 2.75) is 19.8 Å². The van der Waals surface area contributed by atoms with Gasteiger partial charge in [-0.25, -0.2) is 0 Å². The first-order chi connectivity index (χ1) is 17.6. The highest BCUT2D eigenvalue weighted by Crippen LogP contribution is 2.34. The highest BCUT2D eigenvalue weighted by molar-refractivity contribution is 5.99. The number of methoxy groups -OCH3 is 1. The fraction of sp³-hybridized carbons (Fsp3) is 0.286. The van der Waals surface area contributed by atoms with Crippen molar-refractivity contribution < 1.29 is 28.5 Å². The molecular formula is C28H30N2O6. The molecule has 3 aromatic carbocycles. The maximum atomic E-state index is 12.6. The number of nitrogens with one attached hydrogen (secondary N) is 1. The van der Waals surface area contributed by atoms with Crippen molar-refractivity contribution in [3.63, 3.8) is 0 Å². The Hall–Kier alpha value is -4.20. The first-order valence-corrected chi connectivity index (χ1v) is 11.9. The molecule has 1 heterocycles. The molecule has 0 aromatic heterocycles. The maximum Gasteiger partial charge on any atom is 0.265 e. The summed E-state index contributed by atoms with van der Waals surface area (Å²) in [5, 5.41) is 2.83. The molecule has 0 fully saturated rings. The van der Waals surface area contributed by atoms with E-state index >= 15 is 0 Å². The molecular weight excluding hydrogens is 460 g/mol. The number of carbonyl (C=O) groups excluding carboxylic acids is 2. The maximum absolute atomic E-state index is 12.6. The molecule has 2 amide bonds. The lowest BCUT2D eigenvalue weighted by atomic mass is 10.2. The Labute approximate surface area is 210 Å². The molecule has 1 aliphatic rings. The van der Waals surface area contributed by atoms with E-state index in [0.29, 0.717) is 42.4 Å². The van der Waals surface area contributed by atoms with E-state index in [1.807, 2.05) is 48.5 Å². The molecule has 36 heavy (non-hydrogen) atoms. The zero-order valence-electron chi connectivity index (χ0n) is 20.5. The molecule has 3 aromatic rings. The summed E-state index contributed by atoms with van der Waals surface area (Å²) < 4.78 is 22.1. The van der Waals surface area contributed by atoms with Gasteiger partial charge >= 0.3 is 0 Å². The second-order valence-corrected chi connectivity index (χ2v) is 8.23. The number of hydrogen-bond donors (Lipinski definition) is 1. The van der Waals surface area contributed by atoms with Gasteiger partial charge in [0.2, 0.25) is 0 Å². The molecule has 8 nitrogen and oxygen atoms in total. The van der Waals surface area contributed by atoms with Crippen LogP contribution in [0.2, 0.25) is 0 Å². The average molecular weight is 491 g/mol. The van der Waals surface area contributed by atoms with Crippen LogP contribution in [-0.4, -0.2) is 45.3 Å². The van der Waals surface area contributed by atoms with E-state index < -0.39 is 0 Å². The van der Waals surface area contributed by atoms with Gasteiger partial charge in [0, 0.05) is 12.2 Å². The van der Waals surface area contributed by atoms with Crippen LogP contribution in [0.15, 0.2) is 66.7 Å². The van der Waals surface area contributed by atoms with Crippen LogP contribution in [-0.2, 0) is 16.0 Å². The van der Waals surface area contributed by atoms with Gasteiger partial charge in [-0.1, -0.05) is 19.1 Å². The molecule has 0 bridgehead atoms. The Kier molecular flexibility index (Phi) is 8.28. The molecule has 8 heteroatoms. The number of anilines is 2. The van der Waals surface area contributed by atoms with Crippen LogP contribution in [0.4, 0.5) is 11.4 Å². The van der Waals surface area contributed by atoms with E-state index in [2.05, 4.69) is 12.2 Å². The Bertz CT molecular complexity index is 1180. The van der Waals surface area contributed by atoms with Crippen molar-refractivity contribution in [2.75, 3.05) is 43.7 Å². The number of hydrogen-bond acceptors (Lipinski definition) is 6. The van der Waals surface area contributed by atoms with Gasteiger partial charge in [0.05, 0.1) is 19.4 Å². The van der Waals surface area contributed by atoms with Crippen molar-refractivity contribution in [3.8, 4) is 23.0 Å². The van der Waals surface area contributed by atoms with E-state index in [-0.39, 0.29) is 25.0 Å². The van der Waals surface area contributed by atoms with Gasteiger partial charge in [0.1, 0.15) is 23.0 Å². The number of ether oxygens (including phenoxy) is 4. The third-order valence-corrected chi connectivity index (χ3v) is 5.74. The summed E-state index contributed by atoms with van der Waals surface area (Å²) in [5.41, 5.74) is 2.38. The lowest BCUT2D eigenvalue weighted by Gasteiger charge is -2.30. The molecule has 1 N–H and O–H groups in total. The van der Waals surface area contributed by atoms with Crippen LogP contribution in [0.3, 0.4) is 0 Å². The number of nitrogens with zero attached hydrogens (tertiary/aromatic N) is 1. The zero-order chi connectivity index (χ0) is 25.3. The van der Waals surface area contributed by atoms with Crippen molar-refractivity contribution in [3.05, 3.63) is 72.3 Å². The molecule has 0 saturated heterocycles. The van der Waals surface area contributed by atoms with Gasteiger partial charge in [-0.15, -0.1) is 0 Å². The first kappa shape index (κ1) is 24.9. The Balaban J connectivity index is 1.32. The summed E-state index contributed by atoms with van der Waals surface area (Å²) in [6.07, 6.45) is 1.57. The van der Waals surface area contributed by atoms with Gasteiger partial charge in [-0.2, -0.15) is 0 Å². The monoisotopic (exact) mass is 490 g/mol. The van der Waals surface area contributed by atoms with Crippen molar-refractivity contribution in [1.82, 2.24) is 0 Å². The largest absolute Gasteiger partial charge is 0.497 e. The van der Waals surface area contributed by atoms with Crippen LogP contribution in [0, 0.1) is 0 Å². The smallest absolute Gasteiger partial charge is 0.265 e. The van der Waals surface area contributed by atoms with Crippen LogP contribution < -0.4 is 29.2 Å². The standard InChI is InChI=1S/C28H30N2O6/c1-3-20-5-8-24(9-6-20)35-18-27(31)29-21-7-14-26-25(17-21)30(28(32)19-36-26)15-4-16-34-23-12-10-22(33-2)11-13-23/h5-14,17H,3-4,15-16,18-19H2,1-2H3,(H,29,31). The number of fused-ring (bicyclic) bond motifs is 1. The molecule has 1 aliphatic heterocycles. The van der Waals surface area contributed by atoms with Gasteiger partial charge in [0.25, 0.3) is 11.8 Å². The Morgan fingerprint density at radius 2 is 1.67 bits per heavy atom. The average Bonchev–Trinajstić information content (AvgIpc) is 2.91. The Morgan fingerprint density at radius 3 is 2.39 bits per heavy atom. The third kappa shape index (κ3) is 6.47. The predicted octanol–water partition coefficient (Wildman–Crippen LogP) is 4.47. The molecule has 188 valence electrons. The van der Waals surface area contributed by atoms with E-state index in [1.165, 1.54) is 5.56 Å². The zero-order valence-corrected chi connectivity index (χ0v) is 20.5. The number of aryl methyl sites for hydroxylation is 1. The van der Waals surface area contributed by atoms with Crippen LogP contribution in [0.5, 0.6) is 23.0 Å². The molecule has 0 unspecified atom stereocenters. The van der Waals surface area contributed by atoms with E-state index in [0.717, 1.165) is 17.9 Å². The summed E-state index contributed by atoms with van der Waals surface area (Å²) in [6, 6.07) is 20.2. The number of benzene rings is 3. The van der Waals surface area contributed by atoms with Crippen LogP contribution >= 0.6 is 0 Å². The fourth-order valence-electron chi connectivity index (χ4n) is 3.78. The third-order valence-electron chi connectivity index (χ3n) is 5.74. The van der Waals surface area contributed by atoms with Crippen LogP contribution in [0.1, 0.15) is 18.9 Å². The molecule has 0 saturated carbocycles. The van der Waals surface area contributed by atoms with Gasteiger partial charge in [-0.05, 0) is 73.0 Å². The summed E-state index contributed by atoms with van der Waals surface area (Å²) in [6.45, 7) is 2.84. The second-order valence-electron chi connectivity index (χ2n) is 8.23.